The lowest BCUT2D eigenvalue weighted by atomic mass is 9.93. The molecule has 1 heterocycles. The molecule has 4 rings (SSSR count). The van der Waals surface area contributed by atoms with Gasteiger partial charge in [-0.2, -0.15) is 0 Å². The molecular weight excluding hydrogens is 328 g/mol. The van der Waals surface area contributed by atoms with E-state index in [-0.39, 0.29) is 0 Å². The minimum atomic E-state index is 0.792. The average Bonchev–Trinajstić information content (AvgIpc) is 2.76. The summed E-state index contributed by atoms with van der Waals surface area (Å²) in [5.74, 6) is 0. The third-order valence-electron chi connectivity index (χ3n) is 5.22. The van der Waals surface area contributed by atoms with Crippen LogP contribution in [-0.4, -0.2) is 43.0 Å². The summed E-state index contributed by atoms with van der Waals surface area (Å²) in [5.41, 5.74) is 7.63. The Morgan fingerprint density at radius 3 is 2.44 bits per heavy atom. The minimum absolute atomic E-state index is 0.792. The smallest absolute Gasteiger partial charge is 0.0453 e. The molecule has 0 saturated carbocycles. The van der Waals surface area contributed by atoms with Crippen LogP contribution in [0, 0.1) is 0 Å². The van der Waals surface area contributed by atoms with Gasteiger partial charge in [-0.15, -0.1) is 0 Å². The molecule has 0 unspecified atom stereocenters. The number of hydrogen-bond acceptors (Lipinski definition) is 2. The largest absolute Gasteiger partial charge is 0.368 e. The van der Waals surface area contributed by atoms with E-state index in [1.807, 2.05) is 6.07 Å². The maximum atomic E-state index is 6.39. The monoisotopic (exact) mass is 350 g/mol. The van der Waals surface area contributed by atoms with Gasteiger partial charge in [-0.1, -0.05) is 48.0 Å². The van der Waals surface area contributed by atoms with Crippen LogP contribution in [0.15, 0.2) is 48.5 Å². The van der Waals surface area contributed by atoms with Crippen LogP contribution in [0.5, 0.6) is 0 Å². The molecule has 1 saturated heterocycles. The highest BCUT2D eigenvalue weighted by atomic mass is 35.5. The molecular formula is C22H23ClN2. The summed E-state index contributed by atoms with van der Waals surface area (Å²) in [6.07, 6.45) is 4.55. The highest BCUT2D eigenvalue weighted by Gasteiger charge is 2.24. The molecule has 2 aliphatic rings. The molecule has 0 N–H and O–H groups in total. The van der Waals surface area contributed by atoms with E-state index in [2.05, 4.69) is 72.3 Å². The van der Waals surface area contributed by atoms with Crippen molar-refractivity contribution in [3.05, 3.63) is 75.8 Å². The third kappa shape index (κ3) is 3.01. The van der Waals surface area contributed by atoms with E-state index in [1.54, 1.807) is 0 Å². The maximum Gasteiger partial charge on any atom is 0.0453 e. The highest BCUT2D eigenvalue weighted by molar-refractivity contribution is 6.31. The van der Waals surface area contributed by atoms with E-state index in [1.165, 1.54) is 33.5 Å². The predicted octanol–water partition coefficient (Wildman–Crippen LogP) is 4.85. The summed E-state index contributed by atoms with van der Waals surface area (Å²) in [6, 6.07) is 14.9. The number of halogens is 1. The fourth-order valence-electron chi connectivity index (χ4n) is 3.82. The highest BCUT2D eigenvalue weighted by Crippen LogP contribution is 2.39. The zero-order valence-electron chi connectivity index (χ0n) is 14.8. The Labute approximate surface area is 155 Å². The topological polar surface area (TPSA) is 6.48 Å². The number of benzene rings is 2. The fourth-order valence-corrected chi connectivity index (χ4v) is 3.99. The van der Waals surface area contributed by atoms with Crippen LogP contribution in [0.3, 0.4) is 0 Å². The molecule has 2 nitrogen and oxygen atoms in total. The van der Waals surface area contributed by atoms with Crippen molar-refractivity contribution >= 4 is 28.9 Å². The molecule has 0 aromatic heterocycles. The summed E-state index contributed by atoms with van der Waals surface area (Å²) < 4.78 is 0. The van der Waals surface area contributed by atoms with Gasteiger partial charge in [-0.3, -0.25) is 0 Å². The lowest BCUT2D eigenvalue weighted by molar-refractivity contribution is 0.208. The number of likely N-dealkylation sites (N-methyl/N-ethyl adjacent to an activating group) is 1. The van der Waals surface area contributed by atoms with Crippen LogP contribution < -0.4 is 0 Å². The van der Waals surface area contributed by atoms with Crippen molar-refractivity contribution in [1.82, 2.24) is 9.80 Å². The Bertz CT molecular complexity index is 858. The van der Waals surface area contributed by atoms with Gasteiger partial charge in [0.1, 0.15) is 0 Å². The van der Waals surface area contributed by atoms with E-state index in [0.717, 1.165) is 31.2 Å². The second-order valence-electron chi connectivity index (χ2n) is 6.80. The molecule has 0 atom stereocenters. The van der Waals surface area contributed by atoms with Gasteiger partial charge in [0.25, 0.3) is 0 Å². The van der Waals surface area contributed by atoms with Gasteiger partial charge >= 0.3 is 0 Å². The Morgan fingerprint density at radius 2 is 1.68 bits per heavy atom. The average molecular weight is 351 g/mol. The van der Waals surface area contributed by atoms with Crippen LogP contribution in [0.1, 0.15) is 29.2 Å². The zero-order valence-corrected chi connectivity index (χ0v) is 15.6. The SMILES string of the molecule is C/C=C1/c2ccccc2C=C(N2CCN(C)CC2)c2cc(Cl)ccc21. The van der Waals surface area contributed by atoms with Crippen molar-refractivity contribution < 1.29 is 0 Å². The first-order chi connectivity index (χ1) is 12.2. The first-order valence-electron chi connectivity index (χ1n) is 8.88. The molecule has 0 radical (unpaired) electrons. The molecule has 0 amide bonds. The van der Waals surface area contributed by atoms with Crippen molar-refractivity contribution in [2.75, 3.05) is 33.2 Å². The van der Waals surface area contributed by atoms with Crippen molar-refractivity contribution in [2.45, 2.75) is 6.92 Å². The van der Waals surface area contributed by atoms with Gasteiger partial charge in [0.05, 0.1) is 0 Å². The maximum absolute atomic E-state index is 6.39. The second kappa shape index (κ2) is 6.70. The predicted molar refractivity (Wildman–Crippen MR) is 108 cm³/mol. The van der Waals surface area contributed by atoms with Gasteiger partial charge < -0.3 is 9.80 Å². The summed E-state index contributed by atoms with van der Waals surface area (Å²) in [6.45, 7) is 6.38. The number of nitrogens with zero attached hydrogens (tertiary/aromatic N) is 2. The summed E-state index contributed by atoms with van der Waals surface area (Å²) in [5, 5.41) is 0.792. The summed E-state index contributed by atoms with van der Waals surface area (Å²) in [7, 11) is 2.19. The standard InChI is InChI=1S/C22H23ClN2/c1-3-18-19-7-5-4-6-16(19)14-22(25-12-10-24(2)11-13-25)21-15-17(23)8-9-20(18)21/h3-9,14-15H,10-13H2,1-2H3/b18-3-. The molecule has 0 spiro atoms. The molecule has 2 aromatic carbocycles. The third-order valence-corrected chi connectivity index (χ3v) is 5.46. The van der Waals surface area contributed by atoms with Crippen LogP contribution >= 0.6 is 11.6 Å². The lowest BCUT2D eigenvalue weighted by Gasteiger charge is -2.36. The lowest BCUT2D eigenvalue weighted by Crippen LogP contribution is -2.43. The van der Waals surface area contributed by atoms with Crippen LogP contribution in [0.25, 0.3) is 17.3 Å². The number of allylic oxidation sites excluding steroid dienone is 1. The number of hydrogen-bond donors (Lipinski definition) is 0. The molecule has 0 bridgehead atoms. The molecule has 1 fully saturated rings. The summed E-state index contributed by atoms with van der Waals surface area (Å²) in [4.78, 5) is 4.89. The molecule has 2 aromatic rings. The summed E-state index contributed by atoms with van der Waals surface area (Å²) >= 11 is 6.39. The van der Waals surface area contributed by atoms with Gasteiger partial charge in [0.2, 0.25) is 0 Å². The van der Waals surface area contributed by atoms with Crippen molar-refractivity contribution in [3.63, 3.8) is 0 Å². The van der Waals surface area contributed by atoms with Crippen LogP contribution in [0.4, 0.5) is 0 Å². The van der Waals surface area contributed by atoms with Crippen molar-refractivity contribution in [2.24, 2.45) is 0 Å². The number of piperazine rings is 1. The zero-order chi connectivity index (χ0) is 17.4. The Morgan fingerprint density at radius 1 is 0.920 bits per heavy atom. The Balaban J connectivity index is 1.93. The molecule has 1 aliphatic carbocycles. The van der Waals surface area contributed by atoms with E-state index >= 15 is 0 Å². The van der Waals surface area contributed by atoms with E-state index in [9.17, 15) is 0 Å². The van der Waals surface area contributed by atoms with Gasteiger partial charge in [0.15, 0.2) is 0 Å². The second-order valence-corrected chi connectivity index (χ2v) is 7.24. The van der Waals surface area contributed by atoms with E-state index in [0.29, 0.717) is 0 Å². The molecule has 128 valence electrons. The van der Waals surface area contributed by atoms with Crippen LogP contribution in [-0.2, 0) is 0 Å². The molecule has 25 heavy (non-hydrogen) atoms. The number of fused-ring (bicyclic) bond motifs is 2. The van der Waals surface area contributed by atoms with Crippen molar-refractivity contribution in [1.29, 1.82) is 0 Å². The van der Waals surface area contributed by atoms with Crippen LogP contribution in [0.2, 0.25) is 5.02 Å². The Hall–Kier alpha value is -2.03. The first-order valence-corrected chi connectivity index (χ1v) is 9.26. The molecule has 1 aliphatic heterocycles. The van der Waals surface area contributed by atoms with Crippen molar-refractivity contribution in [3.8, 4) is 0 Å². The van der Waals surface area contributed by atoms with E-state index < -0.39 is 0 Å². The fraction of sp³-hybridized carbons (Fsp3) is 0.273. The van der Waals surface area contributed by atoms with Gasteiger partial charge in [-0.25, -0.2) is 0 Å². The Kier molecular flexibility index (Phi) is 4.41. The van der Waals surface area contributed by atoms with E-state index in [4.69, 9.17) is 11.6 Å². The molecule has 3 heteroatoms. The minimum Gasteiger partial charge on any atom is -0.368 e. The first kappa shape index (κ1) is 16.4. The quantitative estimate of drug-likeness (QED) is 0.725. The van der Waals surface area contributed by atoms with Gasteiger partial charge in [-0.05, 0) is 54.4 Å². The van der Waals surface area contributed by atoms with Gasteiger partial charge in [0, 0.05) is 42.5 Å². The number of rotatable bonds is 1. The normalized spacial score (nSPS) is 19.2.